The molecule has 10 heteroatoms. The van der Waals surface area contributed by atoms with E-state index >= 15 is 0 Å². The van der Waals surface area contributed by atoms with Gasteiger partial charge in [0.15, 0.2) is 0 Å². The first kappa shape index (κ1) is 24.2. The van der Waals surface area contributed by atoms with Crippen LogP contribution in [0.4, 0.5) is 37.3 Å². The minimum absolute atomic E-state index is 0.106. The summed E-state index contributed by atoms with van der Waals surface area (Å²) in [6, 6.07) is 4.41. The van der Waals surface area contributed by atoms with Crippen molar-refractivity contribution in [1.82, 2.24) is 10.3 Å². The number of hydrogen-bond acceptors (Lipinski definition) is 7. The van der Waals surface area contributed by atoms with E-state index < -0.39 is 23.5 Å². The Kier molecular flexibility index (Phi) is 7.37. The number of amides is 1. The molecule has 176 valence electrons. The van der Waals surface area contributed by atoms with Crippen LogP contribution in [0.25, 0.3) is 0 Å². The molecule has 1 heterocycles. The van der Waals surface area contributed by atoms with E-state index in [9.17, 15) is 18.7 Å². The lowest BCUT2D eigenvalue weighted by Gasteiger charge is -2.28. The maximum absolute atomic E-state index is 14.5. The standard InChI is InChI=1S/C23H28F2N6O2/c1-23(2,33)20(25)12-29-22(32)14-11-28-21(10-16(14)30-13-6-5-7-13)31-17-9-19(27-4)18(26-3)8-15(17)24/h8-11,13,20,33H,3-7,12H2,1-2H3,(H,29,32)(H2,28,30,31)/t20-/m1/s1. The second-order valence-electron chi connectivity index (χ2n) is 8.48. The van der Waals surface area contributed by atoms with Crippen molar-refractivity contribution in [2.24, 2.45) is 9.98 Å². The molecule has 3 rings (SSSR count). The predicted molar refractivity (Wildman–Crippen MR) is 127 cm³/mol. The van der Waals surface area contributed by atoms with E-state index in [2.05, 4.69) is 44.4 Å². The summed E-state index contributed by atoms with van der Waals surface area (Å²) in [7, 11) is 0. The third-order valence-corrected chi connectivity index (χ3v) is 5.49. The second-order valence-corrected chi connectivity index (χ2v) is 8.48. The van der Waals surface area contributed by atoms with Crippen LogP contribution in [0.2, 0.25) is 0 Å². The fourth-order valence-corrected chi connectivity index (χ4v) is 3.16. The highest BCUT2D eigenvalue weighted by Gasteiger charge is 2.28. The number of pyridine rings is 1. The van der Waals surface area contributed by atoms with Crippen LogP contribution < -0.4 is 16.0 Å². The number of benzene rings is 1. The van der Waals surface area contributed by atoms with Crippen LogP contribution in [0.1, 0.15) is 43.5 Å². The van der Waals surface area contributed by atoms with Crippen LogP contribution >= 0.6 is 0 Å². The molecule has 33 heavy (non-hydrogen) atoms. The van der Waals surface area contributed by atoms with Gasteiger partial charge in [-0.3, -0.25) is 14.8 Å². The first-order valence-corrected chi connectivity index (χ1v) is 10.6. The molecular formula is C23H28F2N6O2. The first-order chi connectivity index (χ1) is 15.6. The average Bonchev–Trinajstić information content (AvgIpc) is 2.74. The second kappa shape index (κ2) is 10.0. The highest BCUT2D eigenvalue weighted by atomic mass is 19.1. The normalized spacial score (nSPS) is 14.7. The van der Waals surface area contributed by atoms with E-state index in [1.54, 1.807) is 6.07 Å². The summed E-state index contributed by atoms with van der Waals surface area (Å²) in [5.74, 6) is -0.822. The molecule has 0 unspecified atom stereocenters. The molecule has 1 aliphatic carbocycles. The van der Waals surface area contributed by atoms with E-state index in [0.29, 0.717) is 17.2 Å². The number of aliphatic imine (C=N–C) groups is 2. The maximum atomic E-state index is 14.5. The quantitative estimate of drug-likeness (QED) is 0.394. The van der Waals surface area contributed by atoms with Crippen molar-refractivity contribution < 1.29 is 18.7 Å². The molecule has 0 saturated heterocycles. The topological polar surface area (TPSA) is 111 Å². The van der Waals surface area contributed by atoms with Crippen LogP contribution in [-0.2, 0) is 0 Å². The van der Waals surface area contributed by atoms with Gasteiger partial charge in [0.05, 0.1) is 40.5 Å². The van der Waals surface area contributed by atoms with Gasteiger partial charge in [-0.05, 0) is 52.6 Å². The van der Waals surface area contributed by atoms with Crippen LogP contribution in [0.5, 0.6) is 0 Å². The molecular weight excluding hydrogens is 430 g/mol. The molecule has 0 bridgehead atoms. The number of alkyl halides is 1. The Morgan fingerprint density at radius 3 is 2.48 bits per heavy atom. The Morgan fingerprint density at radius 2 is 1.91 bits per heavy atom. The van der Waals surface area contributed by atoms with Gasteiger partial charge in [-0.15, -0.1) is 0 Å². The number of carbonyl (C=O) groups is 1. The number of anilines is 3. The fourth-order valence-electron chi connectivity index (χ4n) is 3.16. The van der Waals surface area contributed by atoms with Crippen LogP contribution in [0.15, 0.2) is 34.4 Å². The van der Waals surface area contributed by atoms with Gasteiger partial charge in [0.25, 0.3) is 5.91 Å². The number of hydrogen-bond donors (Lipinski definition) is 4. The predicted octanol–water partition coefficient (Wildman–Crippen LogP) is 4.43. The van der Waals surface area contributed by atoms with E-state index in [4.69, 9.17) is 0 Å². The molecule has 1 aromatic carbocycles. The summed E-state index contributed by atoms with van der Waals surface area (Å²) < 4.78 is 28.6. The van der Waals surface area contributed by atoms with Gasteiger partial charge in [-0.25, -0.2) is 13.8 Å². The molecule has 1 aromatic heterocycles. The van der Waals surface area contributed by atoms with Crippen molar-refractivity contribution in [3.05, 3.63) is 35.8 Å². The molecule has 1 aliphatic rings. The van der Waals surface area contributed by atoms with Crippen molar-refractivity contribution in [2.45, 2.75) is 50.9 Å². The van der Waals surface area contributed by atoms with Gasteiger partial charge in [0.1, 0.15) is 17.8 Å². The minimum atomic E-state index is -1.64. The van der Waals surface area contributed by atoms with Crippen molar-refractivity contribution >= 4 is 47.9 Å². The number of carbonyl (C=O) groups excluding carboxylic acids is 1. The summed E-state index contributed by atoms with van der Waals surface area (Å²) in [4.78, 5) is 24.5. The third-order valence-electron chi connectivity index (χ3n) is 5.49. The lowest BCUT2D eigenvalue weighted by Crippen LogP contribution is -2.42. The summed E-state index contributed by atoms with van der Waals surface area (Å²) in [5.41, 5.74) is -0.153. The van der Waals surface area contributed by atoms with Crippen molar-refractivity contribution in [3.8, 4) is 0 Å². The van der Waals surface area contributed by atoms with E-state index in [0.717, 1.165) is 19.3 Å². The zero-order chi connectivity index (χ0) is 24.2. The average molecular weight is 459 g/mol. The molecule has 0 radical (unpaired) electrons. The Hall–Kier alpha value is -3.40. The van der Waals surface area contributed by atoms with Gasteiger partial charge in [0.2, 0.25) is 0 Å². The van der Waals surface area contributed by atoms with E-state index in [1.807, 2.05) is 0 Å². The Morgan fingerprint density at radius 1 is 1.24 bits per heavy atom. The highest BCUT2D eigenvalue weighted by Crippen LogP contribution is 2.34. The first-order valence-electron chi connectivity index (χ1n) is 10.6. The van der Waals surface area contributed by atoms with E-state index in [-0.39, 0.29) is 29.5 Å². The molecule has 2 aromatic rings. The number of aliphatic hydroxyl groups is 1. The Bertz CT molecular complexity index is 1050. The van der Waals surface area contributed by atoms with Gasteiger partial charge in [0, 0.05) is 24.4 Å². The Labute approximate surface area is 191 Å². The number of nitrogens with zero attached hydrogens (tertiary/aromatic N) is 3. The number of halogens is 2. The number of aromatic nitrogens is 1. The highest BCUT2D eigenvalue weighted by molar-refractivity contribution is 6.00. The van der Waals surface area contributed by atoms with Crippen LogP contribution in [-0.4, -0.2) is 53.8 Å². The van der Waals surface area contributed by atoms with Crippen molar-refractivity contribution in [1.29, 1.82) is 0 Å². The lowest BCUT2D eigenvalue weighted by molar-refractivity contribution is -0.00177. The van der Waals surface area contributed by atoms with Crippen LogP contribution in [0.3, 0.4) is 0 Å². The molecule has 1 saturated carbocycles. The summed E-state index contributed by atoms with van der Waals surface area (Å²) in [5, 5.41) is 18.4. The van der Waals surface area contributed by atoms with Gasteiger partial charge < -0.3 is 21.1 Å². The molecule has 1 amide bonds. The van der Waals surface area contributed by atoms with Crippen molar-refractivity contribution in [2.75, 3.05) is 17.2 Å². The summed E-state index contributed by atoms with van der Waals surface area (Å²) in [6.45, 7) is 9.16. The Balaban J connectivity index is 1.85. The molecule has 4 N–H and O–H groups in total. The molecule has 0 aliphatic heterocycles. The number of rotatable bonds is 10. The summed E-state index contributed by atoms with van der Waals surface area (Å²) >= 11 is 0. The van der Waals surface area contributed by atoms with Gasteiger partial charge >= 0.3 is 0 Å². The lowest BCUT2D eigenvalue weighted by atomic mass is 9.92. The number of nitrogens with one attached hydrogen (secondary N) is 3. The zero-order valence-corrected chi connectivity index (χ0v) is 18.7. The van der Waals surface area contributed by atoms with Crippen molar-refractivity contribution in [3.63, 3.8) is 0 Å². The van der Waals surface area contributed by atoms with Gasteiger partial charge in [-0.1, -0.05) is 0 Å². The SMILES string of the molecule is C=Nc1cc(F)c(Nc2cc(NC3CCC3)c(C(=O)NC[C@@H](F)C(C)(C)O)cn2)cc1N=C. The summed E-state index contributed by atoms with van der Waals surface area (Å²) in [6.07, 6.45) is 2.69. The molecule has 0 spiro atoms. The van der Waals surface area contributed by atoms with Crippen LogP contribution in [0, 0.1) is 5.82 Å². The van der Waals surface area contributed by atoms with Gasteiger partial charge in [-0.2, -0.15) is 0 Å². The maximum Gasteiger partial charge on any atom is 0.255 e. The molecule has 8 nitrogen and oxygen atoms in total. The third kappa shape index (κ3) is 5.89. The molecule has 1 atom stereocenters. The fraction of sp³-hybridized carbons (Fsp3) is 0.391. The molecule has 1 fully saturated rings. The minimum Gasteiger partial charge on any atom is -0.387 e. The monoisotopic (exact) mass is 458 g/mol. The van der Waals surface area contributed by atoms with E-state index in [1.165, 1.54) is 32.2 Å². The largest absolute Gasteiger partial charge is 0.387 e. The zero-order valence-electron chi connectivity index (χ0n) is 18.7. The smallest absolute Gasteiger partial charge is 0.255 e.